The van der Waals surface area contributed by atoms with Crippen LogP contribution in [0.5, 0.6) is 0 Å². The molecule has 1 fully saturated rings. The van der Waals surface area contributed by atoms with Crippen LogP contribution in [0, 0.1) is 0 Å². The van der Waals surface area contributed by atoms with Gasteiger partial charge in [0.25, 0.3) is 12.4 Å². The van der Waals surface area contributed by atoms with E-state index < -0.39 is 22.2 Å². The van der Waals surface area contributed by atoms with E-state index in [0.717, 1.165) is 34.9 Å². The Kier molecular flexibility index (Phi) is 10.6. The number of carboxylic acid groups (broad SMARTS) is 1. The fourth-order valence-electron chi connectivity index (χ4n) is 5.99. The van der Waals surface area contributed by atoms with Crippen molar-refractivity contribution in [2.75, 3.05) is 23.7 Å². The summed E-state index contributed by atoms with van der Waals surface area (Å²) in [6.07, 6.45) is 8.04. The fraction of sp³-hybridized carbons (Fsp3) is 0.484. The minimum absolute atomic E-state index is 0.0296. The topological polar surface area (TPSA) is 141 Å². The maximum Gasteiger partial charge on any atom is 0.290 e. The van der Waals surface area contributed by atoms with Gasteiger partial charge in [-0.15, -0.1) is 0 Å². The van der Waals surface area contributed by atoms with Crippen molar-refractivity contribution in [1.82, 2.24) is 15.2 Å². The molecule has 1 aromatic heterocycles. The lowest BCUT2D eigenvalue weighted by Crippen LogP contribution is -2.50. The number of nitrogens with zero attached hydrogens (tertiary/aromatic N) is 2. The second-order valence-corrected chi connectivity index (χ2v) is 13.2. The molecule has 0 saturated heterocycles. The molecule has 42 heavy (non-hydrogen) atoms. The molecule has 1 aliphatic heterocycles. The molecule has 3 aromatic rings. The van der Waals surface area contributed by atoms with Gasteiger partial charge in [0.05, 0.1) is 29.1 Å². The summed E-state index contributed by atoms with van der Waals surface area (Å²) >= 11 is 0. The van der Waals surface area contributed by atoms with E-state index in [-0.39, 0.29) is 18.1 Å². The van der Waals surface area contributed by atoms with E-state index in [1.54, 1.807) is 13.1 Å². The van der Waals surface area contributed by atoms with E-state index >= 15 is 0 Å². The summed E-state index contributed by atoms with van der Waals surface area (Å²) in [6, 6.07) is 13.3. The first-order valence-electron chi connectivity index (χ1n) is 14.6. The fourth-order valence-corrected chi connectivity index (χ4v) is 7.18. The number of carbonyl (C=O) groups is 2. The summed E-state index contributed by atoms with van der Waals surface area (Å²) in [5.41, 5.74) is 3.76. The van der Waals surface area contributed by atoms with Crippen molar-refractivity contribution >= 4 is 39.0 Å². The van der Waals surface area contributed by atoms with Crippen LogP contribution in [-0.4, -0.2) is 73.1 Å². The minimum atomic E-state index is -3.50. The van der Waals surface area contributed by atoms with E-state index in [4.69, 9.17) is 9.90 Å². The zero-order chi connectivity index (χ0) is 30.3. The van der Waals surface area contributed by atoms with Crippen molar-refractivity contribution in [2.45, 2.75) is 76.6 Å². The normalized spacial score (nSPS) is 17.9. The Morgan fingerprint density at radius 1 is 1.14 bits per heavy atom. The Bertz CT molecular complexity index is 1470. The van der Waals surface area contributed by atoms with Crippen LogP contribution in [-0.2, 0) is 34.2 Å². The van der Waals surface area contributed by atoms with E-state index in [1.807, 2.05) is 49.5 Å². The highest BCUT2D eigenvalue weighted by Crippen LogP contribution is 2.37. The highest BCUT2D eigenvalue weighted by Gasteiger charge is 2.30. The number of rotatable bonds is 9. The number of amides is 1. The molecule has 0 radical (unpaired) electrons. The summed E-state index contributed by atoms with van der Waals surface area (Å²) in [4.78, 5) is 22.1. The number of aliphatic hydroxyl groups is 1. The van der Waals surface area contributed by atoms with Crippen LogP contribution in [0.15, 0.2) is 48.7 Å². The molecule has 228 valence electrons. The number of benzene rings is 2. The second kappa shape index (κ2) is 14.2. The van der Waals surface area contributed by atoms with E-state index in [2.05, 4.69) is 15.2 Å². The molecular formula is C31H42N4O6S. The number of nitrogens with one attached hydrogen (secondary N) is 2. The quantitative estimate of drug-likeness (QED) is 0.277. The molecular weight excluding hydrogens is 556 g/mol. The molecule has 10 nitrogen and oxygen atoms in total. The number of sulfonamides is 1. The Morgan fingerprint density at radius 3 is 2.50 bits per heavy atom. The van der Waals surface area contributed by atoms with Crippen LogP contribution < -0.4 is 14.9 Å². The van der Waals surface area contributed by atoms with Gasteiger partial charge in [0, 0.05) is 43.3 Å². The molecule has 0 spiro atoms. The third kappa shape index (κ3) is 7.32. The maximum atomic E-state index is 13.7. The van der Waals surface area contributed by atoms with Gasteiger partial charge in [-0.1, -0.05) is 49.6 Å². The van der Waals surface area contributed by atoms with Crippen molar-refractivity contribution in [2.24, 2.45) is 0 Å². The molecule has 2 heterocycles. The number of hydrogen-bond acceptors (Lipinski definition) is 6. The maximum absolute atomic E-state index is 13.7. The van der Waals surface area contributed by atoms with Gasteiger partial charge in [0.2, 0.25) is 10.0 Å². The van der Waals surface area contributed by atoms with Gasteiger partial charge >= 0.3 is 0 Å². The van der Waals surface area contributed by atoms with Crippen molar-refractivity contribution in [1.29, 1.82) is 0 Å². The lowest BCUT2D eigenvalue weighted by molar-refractivity contribution is -0.122. The molecule has 0 unspecified atom stereocenters. The second-order valence-electron chi connectivity index (χ2n) is 11.0. The Morgan fingerprint density at radius 2 is 1.83 bits per heavy atom. The highest BCUT2D eigenvalue weighted by molar-refractivity contribution is 7.92. The predicted molar refractivity (Wildman–Crippen MR) is 164 cm³/mol. The van der Waals surface area contributed by atoms with Gasteiger partial charge in [-0.25, -0.2) is 8.42 Å². The monoisotopic (exact) mass is 598 g/mol. The first-order chi connectivity index (χ1) is 20.2. The largest absolute Gasteiger partial charge is 0.483 e. The number of hydrogen-bond donors (Lipinski definition) is 4. The van der Waals surface area contributed by atoms with Crippen LogP contribution in [0.25, 0.3) is 10.9 Å². The number of aliphatic hydroxyl groups excluding tert-OH is 1. The van der Waals surface area contributed by atoms with Crippen molar-refractivity contribution in [3.63, 3.8) is 0 Å². The standard InChI is InChI=1S/C30H40N4O4S.CH2O2/c1-3-34-20-22-14-15-39(37,38)33(2)26-17-23(18-27(34)29(22)26)30(36)32-25(16-21-10-6-4-7-11-21)28(35)19-31-24-12-8-5-9-13-24;2-1-3/h4,6-7,10-11,17-18,20,24-25,28,31,35H,3,5,8-9,12-16,19H2,1-2H3,(H,32,36);1H,(H,2,3)/t25-,28+;/m0./s1. The van der Waals surface area contributed by atoms with E-state index in [9.17, 15) is 18.3 Å². The van der Waals surface area contributed by atoms with Crippen molar-refractivity contribution in [3.8, 4) is 0 Å². The van der Waals surface area contributed by atoms with Gasteiger partial charge in [-0.3, -0.25) is 13.9 Å². The van der Waals surface area contributed by atoms with Crippen LogP contribution >= 0.6 is 0 Å². The predicted octanol–water partition coefficient (Wildman–Crippen LogP) is 3.31. The summed E-state index contributed by atoms with van der Waals surface area (Å²) < 4.78 is 29.2. The molecule has 0 bridgehead atoms. The Labute approximate surface area is 247 Å². The van der Waals surface area contributed by atoms with Gasteiger partial charge in [-0.05, 0) is 55.9 Å². The summed E-state index contributed by atoms with van der Waals surface area (Å²) in [5, 5.41) is 25.6. The van der Waals surface area contributed by atoms with Crippen LogP contribution in [0.1, 0.15) is 60.5 Å². The highest BCUT2D eigenvalue weighted by atomic mass is 32.2. The summed E-state index contributed by atoms with van der Waals surface area (Å²) in [7, 11) is -1.94. The van der Waals surface area contributed by atoms with E-state index in [0.29, 0.717) is 43.2 Å². The van der Waals surface area contributed by atoms with Crippen LogP contribution in [0.4, 0.5) is 5.69 Å². The average Bonchev–Trinajstić information content (AvgIpc) is 3.32. The van der Waals surface area contributed by atoms with Crippen molar-refractivity contribution < 1.29 is 28.2 Å². The van der Waals surface area contributed by atoms with Crippen LogP contribution in [0.2, 0.25) is 0 Å². The minimum Gasteiger partial charge on any atom is -0.483 e. The first kappa shape index (κ1) is 31.5. The molecule has 11 heteroatoms. The summed E-state index contributed by atoms with van der Waals surface area (Å²) in [6.45, 7) is 2.89. The molecule has 5 rings (SSSR count). The van der Waals surface area contributed by atoms with Crippen molar-refractivity contribution in [3.05, 3.63) is 65.4 Å². The molecule has 4 N–H and O–H groups in total. The van der Waals surface area contributed by atoms with Gasteiger partial charge in [0.1, 0.15) is 0 Å². The third-order valence-corrected chi connectivity index (χ3v) is 10.1. The zero-order valence-electron chi connectivity index (χ0n) is 24.3. The smallest absolute Gasteiger partial charge is 0.290 e. The molecule has 1 aliphatic carbocycles. The average molecular weight is 599 g/mol. The Hall–Kier alpha value is -3.41. The van der Waals surface area contributed by atoms with Gasteiger partial charge < -0.3 is 25.4 Å². The van der Waals surface area contributed by atoms with E-state index in [1.165, 1.54) is 23.6 Å². The summed E-state index contributed by atoms with van der Waals surface area (Å²) in [5.74, 6) is -0.298. The lowest BCUT2D eigenvalue weighted by Gasteiger charge is -2.28. The lowest BCUT2D eigenvalue weighted by atomic mass is 9.94. The third-order valence-electron chi connectivity index (χ3n) is 8.33. The van der Waals surface area contributed by atoms with Gasteiger partial charge in [0.15, 0.2) is 0 Å². The SMILES string of the molecule is CCn1cc2c3c(cc(C(=O)N[C@@H](Cc4ccccc4)[C@H](O)CNC4CCCCC4)cc31)N(C)S(=O)(=O)CC2.O=CO. The molecule has 1 amide bonds. The molecule has 2 aliphatic rings. The molecule has 2 atom stereocenters. The number of anilines is 1. The number of aryl methyl sites for hydroxylation is 2. The number of aromatic nitrogens is 1. The van der Waals surface area contributed by atoms with Crippen LogP contribution in [0.3, 0.4) is 0 Å². The van der Waals surface area contributed by atoms with Gasteiger partial charge in [-0.2, -0.15) is 0 Å². The zero-order valence-corrected chi connectivity index (χ0v) is 25.1. The molecule has 1 saturated carbocycles. The first-order valence-corrected chi connectivity index (χ1v) is 16.3. The molecule has 2 aromatic carbocycles. The Balaban J connectivity index is 0.00000129. The number of carbonyl (C=O) groups excluding carboxylic acids is 1.